The topological polar surface area (TPSA) is 63.2 Å². The van der Waals surface area contributed by atoms with E-state index in [0.717, 1.165) is 25.8 Å². The molecule has 128 valence electrons. The van der Waals surface area contributed by atoms with E-state index in [1.54, 1.807) is 25.4 Å². The van der Waals surface area contributed by atoms with Gasteiger partial charge in [0, 0.05) is 38.6 Å². The Kier molecular flexibility index (Phi) is 7.77. The van der Waals surface area contributed by atoms with E-state index in [4.69, 9.17) is 4.74 Å². The minimum Gasteiger partial charge on any atom is -0.385 e. The summed E-state index contributed by atoms with van der Waals surface area (Å²) in [6, 6.07) is 13.8. The number of nitrogens with zero attached hydrogens (tertiary/aromatic N) is 1. The van der Waals surface area contributed by atoms with Crippen LogP contribution in [0.3, 0.4) is 0 Å². The SMILES string of the molecule is COCCCNc1cc(C(=O)NCCCc2ccccc2)ccn1. The number of hydrogen-bond acceptors (Lipinski definition) is 4. The minimum absolute atomic E-state index is 0.0644. The maximum Gasteiger partial charge on any atom is 0.251 e. The van der Waals surface area contributed by atoms with Crippen LogP contribution in [0.15, 0.2) is 48.7 Å². The number of nitrogens with one attached hydrogen (secondary N) is 2. The van der Waals surface area contributed by atoms with Crippen molar-refractivity contribution < 1.29 is 9.53 Å². The second-order valence-electron chi connectivity index (χ2n) is 5.55. The van der Waals surface area contributed by atoms with E-state index in [-0.39, 0.29) is 5.91 Å². The second-order valence-corrected chi connectivity index (χ2v) is 5.55. The monoisotopic (exact) mass is 327 g/mol. The van der Waals surface area contributed by atoms with Crippen LogP contribution in [0.25, 0.3) is 0 Å². The Hall–Kier alpha value is -2.40. The lowest BCUT2D eigenvalue weighted by atomic mass is 10.1. The van der Waals surface area contributed by atoms with Gasteiger partial charge in [0.25, 0.3) is 5.91 Å². The van der Waals surface area contributed by atoms with Gasteiger partial charge < -0.3 is 15.4 Å². The molecule has 0 spiro atoms. The zero-order valence-corrected chi connectivity index (χ0v) is 14.1. The molecule has 1 aromatic carbocycles. The Morgan fingerprint density at radius 3 is 2.75 bits per heavy atom. The summed E-state index contributed by atoms with van der Waals surface area (Å²) in [5, 5.41) is 6.15. The maximum atomic E-state index is 12.2. The van der Waals surface area contributed by atoms with Crippen molar-refractivity contribution in [2.24, 2.45) is 0 Å². The number of anilines is 1. The molecule has 0 aliphatic rings. The Bertz CT molecular complexity index is 617. The summed E-state index contributed by atoms with van der Waals surface area (Å²) in [5.41, 5.74) is 1.91. The van der Waals surface area contributed by atoms with Crippen LogP contribution in [0.4, 0.5) is 5.82 Å². The van der Waals surface area contributed by atoms with Crippen LogP contribution in [-0.2, 0) is 11.2 Å². The van der Waals surface area contributed by atoms with Crippen molar-refractivity contribution in [2.45, 2.75) is 19.3 Å². The van der Waals surface area contributed by atoms with Crippen molar-refractivity contribution in [1.29, 1.82) is 0 Å². The van der Waals surface area contributed by atoms with Gasteiger partial charge in [0.1, 0.15) is 5.82 Å². The average Bonchev–Trinajstić information content (AvgIpc) is 2.63. The van der Waals surface area contributed by atoms with Gasteiger partial charge in [-0.3, -0.25) is 4.79 Å². The van der Waals surface area contributed by atoms with E-state index >= 15 is 0 Å². The fraction of sp³-hybridized carbons (Fsp3) is 0.368. The molecule has 1 heterocycles. The summed E-state index contributed by atoms with van der Waals surface area (Å²) in [6.07, 6.45) is 4.43. The van der Waals surface area contributed by atoms with Crippen LogP contribution < -0.4 is 10.6 Å². The summed E-state index contributed by atoms with van der Waals surface area (Å²) < 4.78 is 5.00. The Labute approximate surface area is 143 Å². The normalized spacial score (nSPS) is 10.4. The first-order chi connectivity index (χ1) is 11.8. The van der Waals surface area contributed by atoms with Gasteiger partial charge in [-0.1, -0.05) is 30.3 Å². The van der Waals surface area contributed by atoms with E-state index in [2.05, 4.69) is 27.8 Å². The number of carbonyl (C=O) groups excluding carboxylic acids is 1. The van der Waals surface area contributed by atoms with Crippen LogP contribution in [0.5, 0.6) is 0 Å². The van der Waals surface area contributed by atoms with Gasteiger partial charge in [-0.15, -0.1) is 0 Å². The third-order valence-corrected chi connectivity index (χ3v) is 3.62. The fourth-order valence-electron chi connectivity index (χ4n) is 2.34. The Morgan fingerprint density at radius 1 is 1.12 bits per heavy atom. The smallest absolute Gasteiger partial charge is 0.251 e. The molecule has 2 aromatic rings. The van der Waals surface area contributed by atoms with Gasteiger partial charge in [-0.05, 0) is 37.0 Å². The molecule has 1 aromatic heterocycles. The number of aromatic nitrogens is 1. The number of pyridine rings is 1. The highest BCUT2D eigenvalue weighted by Gasteiger charge is 2.06. The third-order valence-electron chi connectivity index (χ3n) is 3.62. The molecule has 2 N–H and O–H groups in total. The largest absolute Gasteiger partial charge is 0.385 e. The number of aryl methyl sites for hydroxylation is 1. The van der Waals surface area contributed by atoms with Gasteiger partial charge in [0.05, 0.1) is 0 Å². The van der Waals surface area contributed by atoms with Crippen LogP contribution in [0, 0.1) is 0 Å². The molecule has 0 aliphatic heterocycles. The Morgan fingerprint density at radius 2 is 1.96 bits per heavy atom. The number of amides is 1. The highest BCUT2D eigenvalue weighted by atomic mass is 16.5. The maximum absolute atomic E-state index is 12.2. The van der Waals surface area contributed by atoms with Crippen LogP contribution in [0.2, 0.25) is 0 Å². The highest BCUT2D eigenvalue weighted by molar-refractivity contribution is 5.94. The lowest BCUT2D eigenvalue weighted by Gasteiger charge is -2.08. The fourth-order valence-corrected chi connectivity index (χ4v) is 2.34. The molecule has 2 rings (SSSR count). The summed E-state index contributed by atoms with van der Waals surface area (Å²) in [6.45, 7) is 2.13. The lowest BCUT2D eigenvalue weighted by Crippen LogP contribution is -2.25. The molecule has 1 amide bonds. The third kappa shape index (κ3) is 6.38. The molecule has 24 heavy (non-hydrogen) atoms. The van der Waals surface area contributed by atoms with Crippen molar-refractivity contribution in [1.82, 2.24) is 10.3 Å². The van der Waals surface area contributed by atoms with E-state index in [0.29, 0.717) is 24.5 Å². The van der Waals surface area contributed by atoms with E-state index in [1.165, 1.54) is 5.56 Å². The standard InChI is InChI=1S/C19H25N3O2/c1-24-14-6-12-20-18-15-17(10-13-21-18)19(23)22-11-5-9-16-7-3-2-4-8-16/h2-4,7-8,10,13,15H,5-6,9,11-12,14H2,1H3,(H,20,21)(H,22,23). The number of rotatable bonds is 10. The van der Waals surface area contributed by atoms with Crippen molar-refractivity contribution in [3.05, 3.63) is 59.8 Å². The van der Waals surface area contributed by atoms with E-state index in [1.807, 2.05) is 18.2 Å². The van der Waals surface area contributed by atoms with Gasteiger partial charge in [-0.25, -0.2) is 4.98 Å². The van der Waals surface area contributed by atoms with Crippen molar-refractivity contribution >= 4 is 11.7 Å². The summed E-state index contributed by atoms with van der Waals surface area (Å²) in [5.74, 6) is 0.647. The van der Waals surface area contributed by atoms with Crippen LogP contribution in [-0.4, -0.2) is 37.7 Å². The molecule has 0 atom stereocenters. The van der Waals surface area contributed by atoms with Crippen molar-refractivity contribution in [3.63, 3.8) is 0 Å². The van der Waals surface area contributed by atoms with Crippen molar-refractivity contribution in [2.75, 3.05) is 32.1 Å². The zero-order chi connectivity index (χ0) is 17.0. The predicted octanol–water partition coefficient (Wildman–Crippen LogP) is 2.89. The van der Waals surface area contributed by atoms with Gasteiger partial charge in [-0.2, -0.15) is 0 Å². The minimum atomic E-state index is -0.0644. The average molecular weight is 327 g/mol. The molecule has 0 saturated heterocycles. The molecule has 5 heteroatoms. The highest BCUT2D eigenvalue weighted by Crippen LogP contribution is 2.07. The summed E-state index contributed by atoms with van der Waals surface area (Å²) in [7, 11) is 1.68. The number of ether oxygens (including phenoxy) is 1. The van der Waals surface area contributed by atoms with Gasteiger partial charge in [0.2, 0.25) is 0 Å². The zero-order valence-electron chi connectivity index (χ0n) is 14.1. The molecular formula is C19H25N3O2. The second kappa shape index (κ2) is 10.4. The molecule has 0 unspecified atom stereocenters. The predicted molar refractivity (Wildman–Crippen MR) is 96.3 cm³/mol. The van der Waals surface area contributed by atoms with E-state index < -0.39 is 0 Å². The lowest BCUT2D eigenvalue weighted by molar-refractivity contribution is 0.0953. The number of methoxy groups -OCH3 is 1. The molecular weight excluding hydrogens is 302 g/mol. The van der Waals surface area contributed by atoms with Crippen LogP contribution in [0.1, 0.15) is 28.8 Å². The molecule has 0 fully saturated rings. The molecule has 0 bridgehead atoms. The van der Waals surface area contributed by atoms with Crippen molar-refractivity contribution in [3.8, 4) is 0 Å². The van der Waals surface area contributed by atoms with Crippen LogP contribution >= 0.6 is 0 Å². The summed E-state index contributed by atoms with van der Waals surface area (Å²) >= 11 is 0. The first kappa shape index (κ1) is 17.9. The molecule has 0 radical (unpaired) electrons. The number of benzene rings is 1. The molecule has 0 saturated carbocycles. The Balaban J connectivity index is 1.73. The van der Waals surface area contributed by atoms with Gasteiger partial charge >= 0.3 is 0 Å². The van der Waals surface area contributed by atoms with Gasteiger partial charge in [0.15, 0.2) is 0 Å². The number of hydrogen-bond donors (Lipinski definition) is 2. The molecule has 5 nitrogen and oxygen atoms in total. The quantitative estimate of drug-likeness (QED) is 0.659. The summed E-state index contributed by atoms with van der Waals surface area (Å²) in [4.78, 5) is 16.4. The number of carbonyl (C=O) groups is 1. The molecule has 0 aliphatic carbocycles. The van der Waals surface area contributed by atoms with E-state index in [9.17, 15) is 4.79 Å². The first-order valence-electron chi connectivity index (χ1n) is 8.30. The first-order valence-corrected chi connectivity index (χ1v) is 8.30.